The fraction of sp³-hybridized carbons (Fsp3) is 0.500. The molecule has 0 radical (unpaired) electrons. The lowest BCUT2D eigenvalue weighted by Gasteiger charge is -2.22. The molecule has 1 saturated heterocycles. The summed E-state index contributed by atoms with van der Waals surface area (Å²) in [6.07, 6.45) is 6.96. The lowest BCUT2D eigenvalue weighted by molar-refractivity contribution is -0.120. The highest BCUT2D eigenvalue weighted by molar-refractivity contribution is 5.92. The van der Waals surface area contributed by atoms with Crippen LogP contribution in [0, 0.1) is 5.92 Å². The molecule has 1 aromatic carbocycles. The second-order valence-corrected chi connectivity index (χ2v) is 7.22. The van der Waals surface area contributed by atoms with Crippen molar-refractivity contribution < 1.29 is 4.79 Å². The first-order valence-electron chi connectivity index (χ1n) is 9.48. The van der Waals surface area contributed by atoms with Gasteiger partial charge in [0.05, 0.1) is 17.3 Å². The van der Waals surface area contributed by atoms with Gasteiger partial charge in [0, 0.05) is 18.5 Å². The van der Waals surface area contributed by atoms with Crippen molar-refractivity contribution >= 4 is 24.1 Å². The fourth-order valence-electron chi connectivity index (χ4n) is 3.98. The summed E-state index contributed by atoms with van der Waals surface area (Å²) in [7, 11) is 0. The molecule has 2 fully saturated rings. The first kappa shape index (κ1) is 18.9. The third kappa shape index (κ3) is 4.10. The lowest BCUT2D eigenvalue weighted by atomic mass is 9.99. The van der Waals surface area contributed by atoms with Gasteiger partial charge in [-0.15, -0.1) is 12.4 Å². The molecule has 2 aromatic rings. The third-order valence-corrected chi connectivity index (χ3v) is 5.42. The number of carbonyl (C=O) groups is 1. The number of piperidine rings is 1. The van der Waals surface area contributed by atoms with E-state index in [1.807, 2.05) is 35.0 Å². The molecule has 1 atom stereocenters. The first-order chi connectivity index (χ1) is 12.3. The Bertz CT molecular complexity index is 719. The highest BCUT2D eigenvalue weighted by Crippen LogP contribution is 2.35. The van der Waals surface area contributed by atoms with Crippen LogP contribution in [0.1, 0.15) is 50.1 Å². The summed E-state index contributed by atoms with van der Waals surface area (Å²) < 4.78 is 1.89. The van der Waals surface area contributed by atoms with Crippen molar-refractivity contribution in [3.8, 4) is 5.69 Å². The van der Waals surface area contributed by atoms with Crippen molar-refractivity contribution in [2.24, 2.45) is 5.92 Å². The van der Waals surface area contributed by atoms with Crippen LogP contribution in [0.15, 0.2) is 36.4 Å². The van der Waals surface area contributed by atoms with Gasteiger partial charge in [-0.05, 0) is 44.4 Å². The van der Waals surface area contributed by atoms with Gasteiger partial charge in [0.15, 0.2) is 0 Å². The molecular formula is C20H27ClN4O. The summed E-state index contributed by atoms with van der Waals surface area (Å²) in [6, 6.07) is 12.1. The predicted molar refractivity (Wildman–Crippen MR) is 106 cm³/mol. The van der Waals surface area contributed by atoms with Gasteiger partial charge in [0.1, 0.15) is 5.82 Å². The van der Waals surface area contributed by atoms with E-state index >= 15 is 0 Å². The molecule has 1 saturated carbocycles. The van der Waals surface area contributed by atoms with E-state index in [0.717, 1.165) is 43.1 Å². The van der Waals surface area contributed by atoms with E-state index in [4.69, 9.17) is 5.10 Å². The lowest BCUT2D eigenvalue weighted by Crippen LogP contribution is -2.37. The number of amides is 1. The van der Waals surface area contributed by atoms with Crippen LogP contribution in [0.25, 0.3) is 5.69 Å². The third-order valence-electron chi connectivity index (χ3n) is 5.42. The fourth-order valence-corrected chi connectivity index (χ4v) is 3.98. The molecule has 1 aliphatic heterocycles. The van der Waals surface area contributed by atoms with Crippen molar-refractivity contribution in [1.82, 2.24) is 15.1 Å². The highest BCUT2D eigenvalue weighted by Gasteiger charge is 2.25. The highest BCUT2D eigenvalue weighted by atomic mass is 35.5. The molecule has 2 N–H and O–H groups in total. The van der Waals surface area contributed by atoms with E-state index in [1.54, 1.807) is 0 Å². The molecule has 26 heavy (non-hydrogen) atoms. The first-order valence-corrected chi connectivity index (χ1v) is 9.48. The zero-order chi connectivity index (χ0) is 17.1. The van der Waals surface area contributed by atoms with Gasteiger partial charge in [-0.3, -0.25) is 4.79 Å². The Morgan fingerprint density at radius 3 is 2.58 bits per heavy atom. The van der Waals surface area contributed by atoms with Crippen LogP contribution >= 0.6 is 12.4 Å². The van der Waals surface area contributed by atoms with E-state index in [9.17, 15) is 4.79 Å². The van der Waals surface area contributed by atoms with E-state index in [1.165, 1.54) is 25.7 Å². The van der Waals surface area contributed by atoms with Crippen LogP contribution in [0.4, 0.5) is 5.82 Å². The Kier molecular flexibility index (Phi) is 6.33. The van der Waals surface area contributed by atoms with Crippen molar-refractivity contribution in [1.29, 1.82) is 0 Å². The molecule has 5 nitrogen and oxygen atoms in total. The predicted octanol–water partition coefficient (Wildman–Crippen LogP) is 3.89. The molecule has 2 heterocycles. The Hall–Kier alpha value is -1.85. The molecule has 1 amide bonds. The summed E-state index contributed by atoms with van der Waals surface area (Å²) in [6.45, 7) is 1.78. The van der Waals surface area contributed by atoms with Gasteiger partial charge in [0.2, 0.25) is 5.91 Å². The van der Waals surface area contributed by atoms with Gasteiger partial charge in [-0.25, -0.2) is 4.68 Å². The Balaban J connectivity index is 0.00000196. The molecule has 140 valence electrons. The SMILES string of the molecule is Cl.O=C(Nc1cc(C2CCCC2)nn1-c1ccccc1)C1CCCNC1. The number of nitrogens with zero attached hydrogens (tertiary/aromatic N) is 2. The zero-order valence-corrected chi connectivity index (χ0v) is 15.8. The molecule has 4 rings (SSSR count). The van der Waals surface area contributed by atoms with Gasteiger partial charge < -0.3 is 10.6 Å². The quantitative estimate of drug-likeness (QED) is 0.853. The summed E-state index contributed by atoms with van der Waals surface area (Å²) in [5.41, 5.74) is 2.10. The minimum Gasteiger partial charge on any atom is -0.316 e. The van der Waals surface area contributed by atoms with Crippen LogP contribution in [0.2, 0.25) is 0 Å². The Labute approximate surface area is 161 Å². The van der Waals surface area contributed by atoms with E-state index < -0.39 is 0 Å². The number of hydrogen-bond donors (Lipinski definition) is 2. The molecule has 0 spiro atoms. The number of nitrogens with one attached hydrogen (secondary N) is 2. The standard InChI is InChI=1S/C20H26N4O.ClH/c25-20(16-9-6-12-21-14-16)22-19-13-18(15-7-4-5-8-15)23-24(19)17-10-2-1-3-11-17;/h1-3,10-11,13,15-16,21H,4-9,12,14H2,(H,22,25);1H. The minimum atomic E-state index is 0. The average molecular weight is 375 g/mol. The van der Waals surface area contributed by atoms with Crippen molar-refractivity contribution in [3.63, 3.8) is 0 Å². The van der Waals surface area contributed by atoms with Crippen molar-refractivity contribution in [2.75, 3.05) is 18.4 Å². The molecule has 1 aromatic heterocycles. The number of benzene rings is 1. The van der Waals surface area contributed by atoms with E-state index in [0.29, 0.717) is 5.92 Å². The smallest absolute Gasteiger partial charge is 0.229 e. The van der Waals surface area contributed by atoms with Gasteiger partial charge >= 0.3 is 0 Å². The summed E-state index contributed by atoms with van der Waals surface area (Å²) in [5.74, 6) is 1.46. The van der Waals surface area contributed by atoms with Crippen LogP contribution < -0.4 is 10.6 Å². The largest absolute Gasteiger partial charge is 0.316 e. The molecule has 2 aliphatic rings. The van der Waals surface area contributed by atoms with Crippen molar-refractivity contribution in [2.45, 2.75) is 44.4 Å². The molecular weight excluding hydrogens is 348 g/mol. The van der Waals surface area contributed by atoms with Crippen LogP contribution in [-0.4, -0.2) is 28.8 Å². The van der Waals surface area contributed by atoms with Crippen LogP contribution in [0.5, 0.6) is 0 Å². The van der Waals surface area contributed by atoms with Gasteiger partial charge in [0.25, 0.3) is 0 Å². The maximum absolute atomic E-state index is 12.7. The summed E-state index contributed by atoms with van der Waals surface area (Å²) in [4.78, 5) is 12.7. The Morgan fingerprint density at radius 1 is 1.12 bits per heavy atom. The van der Waals surface area contributed by atoms with Crippen LogP contribution in [0.3, 0.4) is 0 Å². The number of carbonyl (C=O) groups excluding carboxylic acids is 1. The normalized spacial score (nSPS) is 20.5. The summed E-state index contributed by atoms with van der Waals surface area (Å²) >= 11 is 0. The number of halogens is 1. The maximum atomic E-state index is 12.7. The van der Waals surface area contributed by atoms with E-state index in [-0.39, 0.29) is 24.2 Å². The molecule has 1 aliphatic carbocycles. The zero-order valence-electron chi connectivity index (χ0n) is 15.0. The number of para-hydroxylation sites is 1. The molecule has 1 unspecified atom stereocenters. The van der Waals surface area contributed by atoms with Gasteiger partial charge in [-0.1, -0.05) is 31.0 Å². The number of aromatic nitrogens is 2. The number of hydrogen-bond acceptors (Lipinski definition) is 3. The monoisotopic (exact) mass is 374 g/mol. The maximum Gasteiger partial charge on any atom is 0.229 e. The average Bonchev–Trinajstić information content (AvgIpc) is 3.33. The molecule has 6 heteroatoms. The topological polar surface area (TPSA) is 59.0 Å². The number of rotatable bonds is 4. The minimum absolute atomic E-state index is 0. The second kappa shape index (κ2) is 8.69. The van der Waals surface area contributed by atoms with E-state index in [2.05, 4.69) is 16.7 Å². The van der Waals surface area contributed by atoms with Crippen molar-refractivity contribution in [3.05, 3.63) is 42.1 Å². The van der Waals surface area contributed by atoms with Gasteiger partial charge in [-0.2, -0.15) is 5.10 Å². The second-order valence-electron chi connectivity index (χ2n) is 7.22. The van der Waals surface area contributed by atoms with Crippen LogP contribution in [-0.2, 0) is 4.79 Å². The number of anilines is 1. The Morgan fingerprint density at radius 2 is 1.88 bits per heavy atom. The summed E-state index contributed by atoms with van der Waals surface area (Å²) in [5, 5.41) is 11.3. The molecule has 0 bridgehead atoms.